The zero-order valence-corrected chi connectivity index (χ0v) is 10.6. The molecule has 1 amide bonds. The Labute approximate surface area is 111 Å². The number of rotatable bonds is 6. The molecular formula is C10H13F3N4O3. The third kappa shape index (κ3) is 4.52. The van der Waals surface area contributed by atoms with Crippen LogP contribution in [0.4, 0.5) is 13.2 Å². The van der Waals surface area contributed by atoms with Crippen LogP contribution in [-0.4, -0.2) is 44.7 Å². The van der Waals surface area contributed by atoms with E-state index in [2.05, 4.69) is 10.3 Å². The highest BCUT2D eigenvalue weighted by molar-refractivity contribution is 5.86. The molecule has 0 spiro atoms. The molecule has 0 aliphatic rings. The molecular weight excluding hydrogens is 281 g/mol. The summed E-state index contributed by atoms with van der Waals surface area (Å²) in [6.07, 6.45) is -3.62. The summed E-state index contributed by atoms with van der Waals surface area (Å²) in [7, 11) is 0. The first-order valence-electron chi connectivity index (χ1n) is 5.73. The van der Waals surface area contributed by atoms with Crippen LogP contribution in [0.5, 0.6) is 0 Å². The van der Waals surface area contributed by atoms with E-state index < -0.39 is 31.1 Å². The van der Waals surface area contributed by atoms with Gasteiger partial charge in [0.2, 0.25) is 5.91 Å². The highest BCUT2D eigenvalue weighted by Crippen LogP contribution is 2.12. The lowest BCUT2D eigenvalue weighted by atomic mass is 10.2. The molecule has 7 nitrogen and oxygen atoms in total. The summed E-state index contributed by atoms with van der Waals surface area (Å²) in [5.41, 5.74) is -0.0855. The maximum Gasteiger partial charge on any atom is 0.405 e. The Morgan fingerprint density at radius 2 is 2.05 bits per heavy atom. The summed E-state index contributed by atoms with van der Waals surface area (Å²) in [6.45, 7) is -0.173. The number of alkyl halides is 3. The molecule has 0 bridgehead atoms. The SMILES string of the molecule is CCCc1c(C(=O)O)nnn1CC(=O)NCC(F)(F)F. The molecule has 0 atom stereocenters. The van der Waals surface area contributed by atoms with Gasteiger partial charge in [0.1, 0.15) is 13.1 Å². The van der Waals surface area contributed by atoms with E-state index in [9.17, 15) is 22.8 Å². The van der Waals surface area contributed by atoms with Gasteiger partial charge in [0.25, 0.3) is 0 Å². The Hall–Kier alpha value is -2.13. The molecule has 0 aliphatic heterocycles. The molecule has 112 valence electrons. The molecule has 0 aliphatic carbocycles. The summed E-state index contributed by atoms with van der Waals surface area (Å²) in [5, 5.41) is 17.5. The summed E-state index contributed by atoms with van der Waals surface area (Å²) < 4.78 is 36.8. The minimum Gasteiger partial charge on any atom is -0.476 e. The molecule has 10 heteroatoms. The number of aromatic carboxylic acids is 1. The summed E-state index contributed by atoms with van der Waals surface area (Å²) in [5.74, 6) is -2.21. The molecule has 0 aromatic carbocycles. The Balaban J connectivity index is 2.77. The summed E-state index contributed by atoms with van der Waals surface area (Å²) in [4.78, 5) is 22.2. The quantitative estimate of drug-likeness (QED) is 0.801. The zero-order chi connectivity index (χ0) is 15.3. The number of aromatic nitrogens is 3. The first kappa shape index (κ1) is 15.9. The number of carbonyl (C=O) groups excluding carboxylic acids is 1. The van der Waals surface area contributed by atoms with Gasteiger partial charge in [-0.1, -0.05) is 18.6 Å². The number of carboxylic acids is 1. The lowest BCUT2D eigenvalue weighted by molar-refractivity contribution is -0.138. The van der Waals surface area contributed by atoms with E-state index in [0.29, 0.717) is 12.8 Å². The lowest BCUT2D eigenvalue weighted by Gasteiger charge is -2.09. The second-order valence-corrected chi connectivity index (χ2v) is 3.99. The van der Waals surface area contributed by atoms with Crippen molar-refractivity contribution >= 4 is 11.9 Å². The van der Waals surface area contributed by atoms with Crippen molar-refractivity contribution in [1.29, 1.82) is 0 Å². The van der Waals surface area contributed by atoms with Crippen molar-refractivity contribution in [3.8, 4) is 0 Å². The number of carboxylic acid groups (broad SMARTS) is 1. The van der Waals surface area contributed by atoms with E-state index >= 15 is 0 Å². The summed E-state index contributed by atoms with van der Waals surface area (Å²) >= 11 is 0. The van der Waals surface area contributed by atoms with Crippen LogP contribution in [0, 0.1) is 0 Å². The number of hydrogen-bond donors (Lipinski definition) is 2. The maximum absolute atomic E-state index is 11.9. The van der Waals surface area contributed by atoms with Crippen LogP contribution >= 0.6 is 0 Å². The molecule has 0 fully saturated rings. The molecule has 2 N–H and O–H groups in total. The lowest BCUT2D eigenvalue weighted by Crippen LogP contribution is -2.36. The Morgan fingerprint density at radius 1 is 1.40 bits per heavy atom. The van der Waals surface area contributed by atoms with Crippen molar-refractivity contribution in [3.63, 3.8) is 0 Å². The minimum atomic E-state index is -4.50. The van der Waals surface area contributed by atoms with Gasteiger partial charge in [-0.15, -0.1) is 5.10 Å². The predicted molar refractivity (Wildman–Crippen MR) is 60.0 cm³/mol. The van der Waals surface area contributed by atoms with Crippen LogP contribution in [0.2, 0.25) is 0 Å². The topological polar surface area (TPSA) is 97.1 Å². The predicted octanol–water partition coefficient (Wildman–Crippen LogP) is 0.607. The van der Waals surface area contributed by atoms with Crippen LogP contribution in [0.15, 0.2) is 0 Å². The van der Waals surface area contributed by atoms with Gasteiger partial charge in [-0.25, -0.2) is 9.48 Å². The fourth-order valence-electron chi connectivity index (χ4n) is 1.50. The third-order valence-corrected chi connectivity index (χ3v) is 2.31. The molecule has 0 unspecified atom stereocenters. The first-order chi connectivity index (χ1) is 9.24. The second-order valence-electron chi connectivity index (χ2n) is 3.99. The van der Waals surface area contributed by atoms with Gasteiger partial charge in [0.05, 0.1) is 5.69 Å². The average molecular weight is 294 g/mol. The van der Waals surface area contributed by atoms with E-state index in [0.717, 1.165) is 4.68 Å². The number of nitrogens with zero attached hydrogens (tertiary/aromatic N) is 3. The Morgan fingerprint density at radius 3 is 2.55 bits per heavy atom. The fourth-order valence-corrected chi connectivity index (χ4v) is 1.50. The molecule has 0 saturated heterocycles. The smallest absolute Gasteiger partial charge is 0.405 e. The number of halogens is 3. The van der Waals surface area contributed by atoms with Crippen LogP contribution in [0.1, 0.15) is 29.5 Å². The molecule has 20 heavy (non-hydrogen) atoms. The van der Waals surface area contributed by atoms with E-state index in [-0.39, 0.29) is 11.4 Å². The maximum atomic E-state index is 11.9. The number of nitrogens with one attached hydrogen (secondary N) is 1. The van der Waals surface area contributed by atoms with Gasteiger partial charge in [0.15, 0.2) is 5.69 Å². The largest absolute Gasteiger partial charge is 0.476 e. The van der Waals surface area contributed by atoms with Gasteiger partial charge >= 0.3 is 12.1 Å². The van der Waals surface area contributed by atoms with Crippen LogP contribution in [0.25, 0.3) is 0 Å². The van der Waals surface area contributed by atoms with Gasteiger partial charge in [-0.05, 0) is 6.42 Å². The van der Waals surface area contributed by atoms with Gasteiger partial charge < -0.3 is 10.4 Å². The number of carbonyl (C=O) groups is 2. The zero-order valence-electron chi connectivity index (χ0n) is 10.6. The molecule has 1 aromatic rings. The number of amides is 1. The first-order valence-corrected chi connectivity index (χ1v) is 5.73. The van der Waals surface area contributed by atoms with Crippen molar-refractivity contribution < 1.29 is 27.9 Å². The molecule has 0 saturated carbocycles. The van der Waals surface area contributed by atoms with Crippen molar-refractivity contribution in [3.05, 3.63) is 11.4 Å². The highest BCUT2D eigenvalue weighted by atomic mass is 19.4. The Kier molecular flexibility index (Phi) is 5.06. The minimum absolute atomic E-state index is 0.210. The van der Waals surface area contributed by atoms with Crippen molar-refractivity contribution in [1.82, 2.24) is 20.3 Å². The van der Waals surface area contributed by atoms with E-state index in [1.165, 1.54) is 0 Å². The molecule has 0 radical (unpaired) electrons. The van der Waals surface area contributed by atoms with Gasteiger partial charge in [-0.3, -0.25) is 4.79 Å². The average Bonchev–Trinajstić information content (AvgIpc) is 2.70. The number of hydrogen-bond acceptors (Lipinski definition) is 4. The van der Waals surface area contributed by atoms with Crippen molar-refractivity contribution in [2.24, 2.45) is 0 Å². The van der Waals surface area contributed by atoms with Crippen molar-refractivity contribution in [2.75, 3.05) is 6.54 Å². The van der Waals surface area contributed by atoms with E-state index in [4.69, 9.17) is 5.11 Å². The monoisotopic (exact) mass is 294 g/mol. The molecule has 1 rings (SSSR count). The standard InChI is InChI=1S/C10H13F3N4O3/c1-2-3-6-8(9(19)20)15-16-17(6)4-7(18)14-5-10(11,12)13/h2-5H2,1H3,(H,14,18)(H,19,20). The van der Waals surface area contributed by atoms with Crippen molar-refractivity contribution in [2.45, 2.75) is 32.5 Å². The Bertz CT molecular complexity index is 498. The van der Waals surface area contributed by atoms with Crippen LogP contribution in [0.3, 0.4) is 0 Å². The van der Waals surface area contributed by atoms with E-state index in [1.807, 2.05) is 0 Å². The second kappa shape index (κ2) is 6.35. The van der Waals surface area contributed by atoms with Crippen LogP contribution < -0.4 is 5.32 Å². The highest BCUT2D eigenvalue weighted by Gasteiger charge is 2.28. The molecule has 1 heterocycles. The fraction of sp³-hybridized carbons (Fsp3) is 0.600. The van der Waals surface area contributed by atoms with Gasteiger partial charge in [-0.2, -0.15) is 13.2 Å². The summed E-state index contributed by atoms with van der Waals surface area (Å²) in [6, 6.07) is 0. The van der Waals surface area contributed by atoms with Crippen LogP contribution in [-0.2, 0) is 17.8 Å². The van der Waals surface area contributed by atoms with E-state index in [1.54, 1.807) is 12.2 Å². The molecule has 1 aromatic heterocycles. The normalized spacial score (nSPS) is 11.4. The third-order valence-electron chi connectivity index (χ3n) is 2.31. The van der Waals surface area contributed by atoms with Gasteiger partial charge in [0, 0.05) is 0 Å².